The van der Waals surface area contributed by atoms with E-state index in [4.69, 9.17) is 14.9 Å². The topological polar surface area (TPSA) is 73.6 Å². The molecule has 2 N–H and O–H groups in total. The Hall–Kier alpha value is -1.63. The molecular weight excluding hydrogens is 258 g/mol. The van der Waals surface area contributed by atoms with Gasteiger partial charge in [0, 0.05) is 32.7 Å². The lowest BCUT2D eigenvalue weighted by atomic mass is 10.2. The molecule has 6 nitrogen and oxygen atoms in total. The first-order valence-electron chi connectivity index (χ1n) is 6.90. The van der Waals surface area contributed by atoms with Gasteiger partial charge in [-0.3, -0.25) is 9.47 Å². The van der Waals surface area contributed by atoms with Crippen LogP contribution in [-0.2, 0) is 11.3 Å². The van der Waals surface area contributed by atoms with Crippen molar-refractivity contribution in [3.63, 3.8) is 0 Å². The highest BCUT2D eigenvalue weighted by Gasteiger charge is 2.19. The third-order valence-electron chi connectivity index (χ3n) is 3.70. The number of para-hydroxylation sites is 2. The van der Waals surface area contributed by atoms with Crippen molar-refractivity contribution in [2.75, 3.05) is 32.8 Å². The van der Waals surface area contributed by atoms with E-state index < -0.39 is 0 Å². The Bertz CT molecular complexity index is 634. The van der Waals surface area contributed by atoms with Gasteiger partial charge >= 0.3 is 5.76 Å². The Morgan fingerprint density at radius 1 is 1.30 bits per heavy atom. The molecule has 3 rings (SSSR count). The molecule has 1 unspecified atom stereocenters. The first-order valence-corrected chi connectivity index (χ1v) is 6.90. The van der Waals surface area contributed by atoms with Crippen molar-refractivity contribution in [1.82, 2.24) is 9.47 Å². The zero-order valence-corrected chi connectivity index (χ0v) is 11.3. The lowest BCUT2D eigenvalue weighted by molar-refractivity contribution is -0.0240. The van der Waals surface area contributed by atoms with Crippen LogP contribution in [0.1, 0.15) is 0 Å². The summed E-state index contributed by atoms with van der Waals surface area (Å²) in [5, 5.41) is 0. The van der Waals surface area contributed by atoms with Gasteiger partial charge in [0.1, 0.15) is 0 Å². The monoisotopic (exact) mass is 277 g/mol. The number of fused-ring (bicyclic) bond motifs is 1. The van der Waals surface area contributed by atoms with Crippen LogP contribution in [0.4, 0.5) is 0 Å². The first kappa shape index (κ1) is 13.4. The first-order chi connectivity index (χ1) is 9.78. The molecule has 1 aromatic carbocycles. The summed E-state index contributed by atoms with van der Waals surface area (Å²) >= 11 is 0. The second kappa shape index (κ2) is 5.78. The molecule has 2 heterocycles. The molecule has 0 spiro atoms. The van der Waals surface area contributed by atoms with E-state index in [1.165, 1.54) is 0 Å². The summed E-state index contributed by atoms with van der Waals surface area (Å²) in [6.45, 7) is 4.34. The van der Waals surface area contributed by atoms with Gasteiger partial charge in [0.2, 0.25) is 0 Å². The van der Waals surface area contributed by atoms with Gasteiger partial charge < -0.3 is 14.9 Å². The van der Waals surface area contributed by atoms with Gasteiger partial charge in [-0.2, -0.15) is 0 Å². The summed E-state index contributed by atoms with van der Waals surface area (Å²) in [6.07, 6.45) is 0.0987. The van der Waals surface area contributed by atoms with E-state index in [1.807, 2.05) is 24.3 Å². The highest BCUT2D eigenvalue weighted by Crippen LogP contribution is 2.12. The van der Waals surface area contributed by atoms with E-state index in [0.717, 1.165) is 25.2 Å². The molecule has 108 valence electrons. The normalized spacial score (nSPS) is 20.6. The molecule has 0 saturated carbocycles. The molecule has 0 aliphatic carbocycles. The van der Waals surface area contributed by atoms with Crippen molar-refractivity contribution >= 4 is 11.1 Å². The predicted octanol–water partition coefficient (Wildman–Crippen LogP) is 0.254. The van der Waals surface area contributed by atoms with E-state index in [9.17, 15) is 4.79 Å². The average Bonchev–Trinajstić information content (AvgIpc) is 2.81. The number of oxazole rings is 1. The second-order valence-electron chi connectivity index (χ2n) is 5.02. The van der Waals surface area contributed by atoms with Gasteiger partial charge in [-0.05, 0) is 12.1 Å². The number of hydrogen-bond donors (Lipinski definition) is 1. The van der Waals surface area contributed by atoms with Gasteiger partial charge in [0.25, 0.3) is 0 Å². The number of hydrogen-bond acceptors (Lipinski definition) is 5. The van der Waals surface area contributed by atoms with Crippen LogP contribution < -0.4 is 11.5 Å². The van der Waals surface area contributed by atoms with Gasteiger partial charge in [-0.15, -0.1) is 0 Å². The van der Waals surface area contributed by atoms with Crippen molar-refractivity contribution in [2.45, 2.75) is 12.6 Å². The largest absolute Gasteiger partial charge is 0.419 e. The Morgan fingerprint density at radius 2 is 2.15 bits per heavy atom. The van der Waals surface area contributed by atoms with Crippen LogP contribution in [0.2, 0.25) is 0 Å². The Kier molecular flexibility index (Phi) is 3.86. The number of benzene rings is 1. The fourth-order valence-corrected chi connectivity index (χ4v) is 2.59. The maximum atomic E-state index is 11.9. The van der Waals surface area contributed by atoms with Crippen LogP contribution in [0.5, 0.6) is 0 Å². The van der Waals surface area contributed by atoms with Gasteiger partial charge in [0.15, 0.2) is 5.58 Å². The summed E-state index contributed by atoms with van der Waals surface area (Å²) in [5.74, 6) is -0.296. The van der Waals surface area contributed by atoms with Gasteiger partial charge in [-0.1, -0.05) is 12.1 Å². The van der Waals surface area contributed by atoms with Gasteiger partial charge in [0.05, 0.1) is 18.2 Å². The zero-order chi connectivity index (χ0) is 13.9. The van der Waals surface area contributed by atoms with Crippen molar-refractivity contribution < 1.29 is 9.15 Å². The van der Waals surface area contributed by atoms with Crippen molar-refractivity contribution in [3.8, 4) is 0 Å². The molecule has 1 atom stereocenters. The number of nitrogens with zero attached hydrogens (tertiary/aromatic N) is 2. The molecule has 1 aromatic heterocycles. The van der Waals surface area contributed by atoms with Crippen LogP contribution in [-0.4, -0.2) is 48.4 Å². The van der Waals surface area contributed by atoms with Crippen LogP contribution in [0.3, 0.4) is 0 Å². The summed E-state index contributed by atoms with van der Waals surface area (Å²) in [7, 11) is 0. The fraction of sp³-hybridized carbons (Fsp3) is 0.500. The molecule has 0 bridgehead atoms. The number of aromatic nitrogens is 1. The highest BCUT2D eigenvalue weighted by molar-refractivity contribution is 5.72. The molecule has 1 fully saturated rings. The van der Waals surface area contributed by atoms with E-state index in [0.29, 0.717) is 25.3 Å². The minimum absolute atomic E-state index is 0.0987. The Balaban J connectivity index is 1.71. The van der Waals surface area contributed by atoms with E-state index in [1.54, 1.807) is 4.57 Å². The number of nitrogens with two attached hydrogens (primary N) is 1. The Labute approximate surface area is 116 Å². The molecule has 0 amide bonds. The maximum Gasteiger partial charge on any atom is 0.419 e. The average molecular weight is 277 g/mol. The Morgan fingerprint density at radius 3 is 3.00 bits per heavy atom. The minimum Gasteiger partial charge on any atom is -0.408 e. The number of rotatable bonds is 4. The summed E-state index contributed by atoms with van der Waals surface area (Å²) < 4.78 is 12.4. The van der Waals surface area contributed by atoms with Gasteiger partial charge in [-0.25, -0.2) is 4.79 Å². The lowest BCUT2D eigenvalue weighted by Gasteiger charge is -2.32. The molecule has 20 heavy (non-hydrogen) atoms. The van der Waals surface area contributed by atoms with Crippen molar-refractivity contribution in [1.29, 1.82) is 0 Å². The van der Waals surface area contributed by atoms with E-state index in [2.05, 4.69) is 4.90 Å². The molecule has 1 aliphatic heterocycles. The fourth-order valence-electron chi connectivity index (χ4n) is 2.59. The highest BCUT2D eigenvalue weighted by atomic mass is 16.5. The number of morpholine rings is 1. The van der Waals surface area contributed by atoms with Crippen LogP contribution in [0, 0.1) is 0 Å². The number of ether oxygens (including phenoxy) is 1. The lowest BCUT2D eigenvalue weighted by Crippen LogP contribution is -2.46. The smallest absolute Gasteiger partial charge is 0.408 e. The molecule has 1 aliphatic rings. The van der Waals surface area contributed by atoms with Crippen LogP contribution in [0.15, 0.2) is 33.5 Å². The quantitative estimate of drug-likeness (QED) is 0.867. The maximum absolute atomic E-state index is 11.9. The SMILES string of the molecule is NCC1CN(CCn2c(=O)oc3ccccc32)CCO1. The third-order valence-corrected chi connectivity index (χ3v) is 3.70. The standard InChI is InChI=1S/C14H19N3O3/c15-9-11-10-16(7-8-19-11)5-6-17-12-3-1-2-4-13(12)20-14(17)18/h1-4,11H,5-10,15H2. The summed E-state index contributed by atoms with van der Waals surface area (Å²) in [6, 6.07) is 7.49. The van der Waals surface area contributed by atoms with Crippen molar-refractivity contribution in [3.05, 3.63) is 34.8 Å². The summed E-state index contributed by atoms with van der Waals surface area (Å²) in [4.78, 5) is 14.1. The van der Waals surface area contributed by atoms with E-state index in [-0.39, 0.29) is 11.9 Å². The molecule has 0 radical (unpaired) electrons. The van der Waals surface area contributed by atoms with E-state index >= 15 is 0 Å². The third kappa shape index (κ3) is 2.63. The summed E-state index contributed by atoms with van der Waals surface area (Å²) in [5.41, 5.74) is 7.12. The molecule has 2 aromatic rings. The van der Waals surface area contributed by atoms with Crippen molar-refractivity contribution in [2.24, 2.45) is 5.73 Å². The molecule has 1 saturated heterocycles. The predicted molar refractivity (Wildman–Crippen MR) is 75.7 cm³/mol. The van der Waals surface area contributed by atoms with Crippen LogP contribution in [0.25, 0.3) is 11.1 Å². The zero-order valence-electron chi connectivity index (χ0n) is 11.3. The van der Waals surface area contributed by atoms with Crippen LogP contribution >= 0.6 is 0 Å². The molecule has 6 heteroatoms. The minimum atomic E-state index is -0.296. The molecular formula is C14H19N3O3. The second-order valence-corrected chi connectivity index (χ2v) is 5.02.